The minimum atomic E-state index is -0.218. The van der Waals surface area contributed by atoms with Gasteiger partial charge >= 0.3 is 6.03 Å². The van der Waals surface area contributed by atoms with Crippen LogP contribution in [-0.4, -0.2) is 23.5 Å². The molecule has 3 N–H and O–H groups in total. The first-order chi connectivity index (χ1) is 12.6. The van der Waals surface area contributed by atoms with Crippen LogP contribution in [-0.2, 0) is 24.1 Å². The zero-order valence-corrected chi connectivity index (χ0v) is 15.7. The predicted molar refractivity (Wildman–Crippen MR) is 105 cm³/mol. The van der Waals surface area contributed by atoms with E-state index in [1.54, 1.807) is 23.5 Å². The lowest BCUT2D eigenvalue weighted by Crippen LogP contribution is -2.29. The molecule has 0 saturated carbocycles. The number of aryl methyl sites for hydroxylation is 2. The third kappa shape index (κ3) is 5.05. The topological polar surface area (TPSA) is 83.1 Å². The Morgan fingerprint density at radius 2 is 1.88 bits per heavy atom. The van der Waals surface area contributed by atoms with Gasteiger partial charge in [0.25, 0.3) is 0 Å². The van der Waals surface area contributed by atoms with Crippen LogP contribution in [0.5, 0.6) is 0 Å². The van der Waals surface area contributed by atoms with Crippen LogP contribution < -0.4 is 16.0 Å². The number of nitrogens with one attached hydrogen (secondary N) is 3. The fourth-order valence-electron chi connectivity index (χ4n) is 2.87. The van der Waals surface area contributed by atoms with E-state index in [1.165, 1.54) is 17.7 Å². The molecular weight excluding hydrogens is 348 g/mol. The number of benzene rings is 1. The Labute approximate surface area is 157 Å². The van der Waals surface area contributed by atoms with Crippen molar-refractivity contribution in [1.29, 1.82) is 0 Å². The molecule has 0 radical (unpaired) electrons. The summed E-state index contributed by atoms with van der Waals surface area (Å²) >= 11 is 1.59. The van der Waals surface area contributed by atoms with Crippen LogP contribution >= 0.6 is 11.3 Å². The summed E-state index contributed by atoms with van der Waals surface area (Å²) in [6, 6.07) is 7.08. The Kier molecular flexibility index (Phi) is 6.22. The van der Waals surface area contributed by atoms with Gasteiger partial charge in [0.1, 0.15) is 0 Å². The molecule has 0 spiro atoms. The number of fused-ring (bicyclic) bond motifs is 1. The van der Waals surface area contributed by atoms with E-state index < -0.39 is 0 Å². The van der Waals surface area contributed by atoms with Gasteiger partial charge in [-0.15, -0.1) is 11.3 Å². The van der Waals surface area contributed by atoms with Gasteiger partial charge in [-0.2, -0.15) is 0 Å². The third-order valence-corrected chi connectivity index (χ3v) is 5.28. The number of aromatic nitrogens is 1. The number of amides is 3. The summed E-state index contributed by atoms with van der Waals surface area (Å²) in [5, 5.41) is 9.13. The van der Waals surface area contributed by atoms with Crippen LogP contribution in [0, 0.1) is 0 Å². The van der Waals surface area contributed by atoms with Gasteiger partial charge in [-0.25, -0.2) is 9.78 Å². The van der Waals surface area contributed by atoms with E-state index in [4.69, 9.17) is 0 Å². The van der Waals surface area contributed by atoms with Crippen molar-refractivity contribution < 1.29 is 9.59 Å². The second kappa shape index (κ2) is 8.80. The van der Waals surface area contributed by atoms with Gasteiger partial charge in [0, 0.05) is 17.1 Å². The molecule has 138 valence electrons. The van der Waals surface area contributed by atoms with E-state index in [0.29, 0.717) is 17.4 Å². The van der Waals surface area contributed by atoms with E-state index >= 15 is 0 Å². The summed E-state index contributed by atoms with van der Waals surface area (Å²) in [5.74, 6) is -0.0718. The van der Waals surface area contributed by atoms with Crippen LogP contribution in [0.3, 0.4) is 0 Å². The van der Waals surface area contributed by atoms with Crippen molar-refractivity contribution in [3.8, 4) is 0 Å². The molecular formula is C19H24N4O2S. The van der Waals surface area contributed by atoms with Gasteiger partial charge in [0.2, 0.25) is 5.91 Å². The molecule has 1 heterocycles. The number of nitrogens with zero attached hydrogens (tertiary/aromatic N) is 1. The molecule has 3 amide bonds. The van der Waals surface area contributed by atoms with E-state index in [-0.39, 0.29) is 18.4 Å². The quantitative estimate of drug-likeness (QED) is 0.722. The Bertz CT molecular complexity index is 747. The molecule has 0 aliphatic heterocycles. The van der Waals surface area contributed by atoms with E-state index in [9.17, 15) is 9.59 Å². The molecule has 1 aromatic carbocycles. The Morgan fingerprint density at radius 3 is 2.62 bits per heavy atom. The number of thiazole rings is 1. The summed E-state index contributed by atoms with van der Waals surface area (Å²) in [5.41, 5.74) is 2.74. The summed E-state index contributed by atoms with van der Waals surface area (Å²) in [6.45, 7) is 2.64. The molecule has 0 saturated heterocycles. The van der Waals surface area contributed by atoms with Crippen molar-refractivity contribution in [2.45, 2.75) is 45.4 Å². The van der Waals surface area contributed by atoms with E-state index in [0.717, 1.165) is 30.5 Å². The van der Waals surface area contributed by atoms with Gasteiger partial charge < -0.3 is 16.0 Å². The van der Waals surface area contributed by atoms with Crippen molar-refractivity contribution in [2.75, 3.05) is 17.2 Å². The highest BCUT2D eigenvalue weighted by Crippen LogP contribution is 2.29. The fourth-order valence-corrected chi connectivity index (χ4v) is 3.94. The Morgan fingerprint density at radius 1 is 1.12 bits per heavy atom. The van der Waals surface area contributed by atoms with Crippen LogP contribution in [0.15, 0.2) is 24.3 Å². The van der Waals surface area contributed by atoms with Crippen LogP contribution in [0.4, 0.5) is 15.6 Å². The van der Waals surface area contributed by atoms with E-state index in [1.807, 2.05) is 19.1 Å². The minimum absolute atomic E-state index is 0.0718. The van der Waals surface area contributed by atoms with Gasteiger partial charge in [-0.3, -0.25) is 4.79 Å². The standard InChI is InChI=1S/C19H24N4O2S/c1-2-11-20-18(25)21-14-9-7-13(8-10-14)12-17(24)23-19-22-15-5-3-4-6-16(15)26-19/h7-10H,2-6,11-12H2,1H3,(H2,20,21,25)(H,22,23,24). The maximum Gasteiger partial charge on any atom is 0.319 e. The van der Waals surface area contributed by atoms with Crippen molar-refractivity contribution in [2.24, 2.45) is 0 Å². The first-order valence-corrected chi connectivity index (χ1v) is 9.88. The third-order valence-electron chi connectivity index (χ3n) is 4.20. The molecule has 2 aromatic rings. The number of urea groups is 1. The number of carbonyl (C=O) groups is 2. The highest BCUT2D eigenvalue weighted by molar-refractivity contribution is 7.15. The second-order valence-electron chi connectivity index (χ2n) is 6.40. The Balaban J connectivity index is 1.51. The average Bonchev–Trinajstić information content (AvgIpc) is 3.03. The van der Waals surface area contributed by atoms with Crippen molar-refractivity contribution >= 4 is 34.1 Å². The number of hydrogen-bond donors (Lipinski definition) is 3. The zero-order valence-electron chi connectivity index (χ0n) is 14.9. The molecule has 7 heteroatoms. The number of carbonyl (C=O) groups excluding carboxylic acids is 2. The Hall–Kier alpha value is -2.41. The molecule has 3 rings (SSSR count). The largest absolute Gasteiger partial charge is 0.338 e. The lowest BCUT2D eigenvalue weighted by atomic mass is 10.0. The van der Waals surface area contributed by atoms with Gasteiger partial charge in [0.15, 0.2) is 5.13 Å². The number of anilines is 2. The SMILES string of the molecule is CCCNC(=O)Nc1ccc(CC(=O)Nc2nc3c(s2)CCCC3)cc1. The molecule has 0 atom stereocenters. The molecule has 0 unspecified atom stereocenters. The van der Waals surface area contributed by atoms with Gasteiger partial charge in [0.05, 0.1) is 12.1 Å². The maximum absolute atomic E-state index is 12.3. The summed E-state index contributed by atoms with van der Waals surface area (Å²) < 4.78 is 0. The smallest absolute Gasteiger partial charge is 0.319 e. The van der Waals surface area contributed by atoms with Crippen molar-refractivity contribution in [3.05, 3.63) is 40.4 Å². The number of hydrogen-bond acceptors (Lipinski definition) is 4. The molecule has 1 aromatic heterocycles. The highest BCUT2D eigenvalue weighted by Gasteiger charge is 2.16. The van der Waals surface area contributed by atoms with E-state index in [2.05, 4.69) is 20.9 Å². The minimum Gasteiger partial charge on any atom is -0.338 e. The van der Waals surface area contributed by atoms with Gasteiger partial charge in [-0.1, -0.05) is 19.1 Å². The zero-order chi connectivity index (χ0) is 18.4. The summed E-state index contributed by atoms with van der Waals surface area (Å²) in [7, 11) is 0. The fraction of sp³-hybridized carbons (Fsp3) is 0.421. The second-order valence-corrected chi connectivity index (χ2v) is 7.48. The molecule has 0 bridgehead atoms. The van der Waals surface area contributed by atoms with Gasteiger partial charge in [-0.05, 0) is 49.8 Å². The molecule has 6 nitrogen and oxygen atoms in total. The molecule has 0 fully saturated rings. The highest BCUT2D eigenvalue weighted by atomic mass is 32.1. The summed E-state index contributed by atoms with van der Waals surface area (Å²) in [4.78, 5) is 29.7. The number of rotatable bonds is 6. The first kappa shape index (κ1) is 18.4. The normalized spacial score (nSPS) is 13.0. The van der Waals surface area contributed by atoms with Crippen LogP contribution in [0.25, 0.3) is 0 Å². The lowest BCUT2D eigenvalue weighted by Gasteiger charge is -2.07. The monoisotopic (exact) mass is 372 g/mol. The maximum atomic E-state index is 12.3. The average molecular weight is 372 g/mol. The van der Waals surface area contributed by atoms with Crippen LogP contribution in [0.2, 0.25) is 0 Å². The predicted octanol–water partition coefficient (Wildman–Crippen LogP) is 3.73. The van der Waals surface area contributed by atoms with Crippen molar-refractivity contribution in [1.82, 2.24) is 10.3 Å². The lowest BCUT2D eigenvalue weighted by molar-refractivity contribution is -0.115. The molecule has 1 aliphatic carbocycles. The summed E-state index contributed by atoms with van der Waals surface area (Å²) in [6.07, 6.45) is 5.65. The first-order valence-electron chi connectivity index (χ1n) is 9.06. The molecule has 1 aliphatic rings. The molecule has 26 heavy (non-hydrogen) atoms. The van der Waals surface area contributed by atoms with Crippen molar-refractivity contribution in [3.63, 3.8) is 0 Å². The van der Waals surface area contributed by atoms with Crippen LogP contribution in [0.1, 0.15) is 42.3 Å².